The van der Waals surface area contributed by atoms with Crippen molar-refractivity contribution in [2.75, 3.05) is 19.8 Å². The smallest absolute Gasteiger partial charge is 0.477 e. The largest absolute Gasteiger partial charge is 0.697 e. The Kier molecular flexibility index (Phi) is 23.6. The quantitative estimate of drug-likeness (QED) is 0.0848. The number of hydrogen-bond donors (Lipinski definition) is 2. The lowest BCUT2D eigenvalue weighted by molar-refractivity contribution is -0.411. The van der Waals surface area contributed by atoms with E-state index in [0.717, 1.165) is 38.5 Å². The van der Waals surface area contributed by atoms with Crippen LogP contribution in [0.2, 0.25) is 0 Å². The van der Waals surface area contributed by atoms with Gasteiger partial charge in [0.1, 0.15) is 13.2 Å². The second-order valence-corrected chi connectivity index (χ2v) is 10.4. The van der Waals surface area contributed by atoms with Gasteiger partial charge in [-0.25, -0.2) is 4.79 Å². The van der Waals surface area contributed by atoms with Crippen LogP contribution in [0.4, 0.5) is 0 Å². The van der Waals surface area contributed by atoms with Crippen molar-refractivity contribution in [1.82, 2.24) is 0 Å². The van der Waals surface area contributed by atoms with E-state index < -0.39 is 32.3 Å². The molecule has 0 aliphatic carbocycles. The summed E-state index contributed by atoms with van der Waals surface area (Å²) in [5, 5.41) is 8.82. The number of carbonyl (C=O) groups is 3. The highest BCUT2D eigenvalue weighted by Gasteiger charge is 2.29. The summed E-state index contributed by atoms with van der Waals surface area (Å²) < 4.78 is 32.6. The normalized spacial score (nSPS) is 13.1. The molecule has 10 nitrogen and oxygen atoms in total. The second-order valence-electron chi connectivity index (χ2n) is 9.39. The molecule has 37 heavy (non-hydrogen) atoms. The fourth-order valence-corrected chi connectivity index (χ4v) is 4.14. The first-order chi connectivity index (χ1) is 17.8. The number of rotatable bonds is 26. The summed E-state index contributed by atoms with van der Waals surface area (Å²) >= 11 is 0. The van der Waals surface area contributed by atoms with Crippen molar-refractivity contribution in [2.45, 2.75) is 129 Å². The van der Waals surface area contributed by atoms with E-state index >= 15 is 0 Å². The zero-order valence-electron chi connectivity index (χ0n) is 23.0. The zero-order chi connectivity index (χ0) is 27.7. The minimum absolute atomic E-state index is 0.214. The fraction of sp³-hybridized carbons (Fsp3) is 0.885. The highest BCUT2D eigenvalue weighted by atomic mass is 31.1. The Morgan fingerprint density at radius 1 is 0.703 bits per heavy atom. The van der Waals surface area contributed by atoms with E-state index in [1.165, 1.54) is 44.9 Å². The second kappa shape index (κ2) is 24.7. The van der Waals surface area contributed by atoms with Gasteiger partial charge in [-0.1, -0.05) is 90.9 Å². The van der Waals surface area contributed by atoms with Crippen LogP contribution < -0.4 is 5.73 Å². The number of aliphatic carboxylic acids is 1. The molecule has 0 saturated carbocycles. The van der Waals surface area contributed by atoms with Crippen LogP contribution in [0.25, 0.3) is 0 Å². The predicted molar refractivity (Wildman–Crippen MR) is 140 cm³/mol. The maximum Gasteiger partial charge on any atom is 0.697 e. The summed E-state index contributed by atoms with van der Waals surface area (Å²) in [7, 11) is -2.65. The Hall–Kier alpha value is -1.61. The maximum atomic E-state index is 12.3. The Bertz CT molecular complexity index is 633. The molecule has 1 unspecified atom stereocenters. The van der Waals surface area contributed by atoms with Crippen molar-refractivity contribution in [3.05, 3.63) is 0 Å². The molecule has 4 N–H and O–H groups in total. The molecule has 11 heteroatoms. The fourth-order valence-electron chi connectivity index (χ4n) is 3.48. The van der Waals surface area contributed by atoms with Crippen LogP contribution in [0, 0.1) is 0 Å². The molecule has 0 bridgehead atoms. The van der Waals surface area contributed by atoms with Gasteiger partial charge in [0.2, 0.25) is 6.04 Å². The summed E-state index contributed by atoms with van der Waals surface area (Å²) in [6.45, 7) is 3.43. The van der Waals surface area contributed by atoms with Crippen LogP contribution in [0.1, 0.15) is 117 Å². The van der Waals surface area contributed by atoms with Crippen molar-refractivity contribution in [3.63, 3.8) is 0 Å². The van der Waals surface area contributed by atoms with Crippen molar-refractivity contribution >= 4 is 26.2 Å². The summed E-state index contributed by atoms with van der Waals surface area (Å²) in [6, 6.07) is -1.09. The molecule has 0 aromatic heterocycles. The molecule has 0 radical (unpaired) electrons. The molecular weight excluding hydrogens is 501 g/mol. The third-order valence-electron chi connectivity index (χ3n) is 5.79. The minimum atomic E-state index is -2.65. The van der Waals surface area contributed by atoms with Gasteiger partial charge < -0.3 is 20.3 Å². The van der Waals surface area contributed by atoms with Gasteiger partial charge in [-0.3, -0.25) is 9.59 Å². The average Bonchev–Trinajstić information content (AvgIpc) is 2.87. The third-order valence-corrected chi connectivity index (χ3v) is 6.51. The Balaban J connectivity index is 4.45. The van der Waals surface area contributed by atoms with Crippen LogP contribution >= 0.6 is 8.25 Å². The third kappa shape index (κ3) is 23.3. The first kappa shape index (κ1) is 35.4. The van der Waals surface area contributed by atoms with Crippen molar-refractivity contribution in [1.29, 1.82) is 0 Å². The number of carbonyl (C=O) groups excluding carboxylic acids is 2. The topological polar surface area (TPSA) is 153 Å². The first-order valence-electron chi connectivity index (χ1n) is 13.9. The van der Waals surface area contributed by atoms with Gasteiger partial charge >= 0.3 is 26.2 Å². The number of carboxylic acid groups (broad SMARTS) is 1. The van der Waals surface area contributed by atoms with Gasteiger partial charge in [-0.15, -0.1) is 9.05 Å². The van der Waals surface area contributed by atoms with Crippen LogP contribution in [0.5, 0.6) is 0 Å². The lowest BCUT2D eigenvalue weighted by Gasteiger charge is -2.16. The highest BCUT2D eigenvalue weighted by Crippen LogP contribution is 2.24. The van der Waals surface area contributed by atoms with Crippen LogP contribution in [0.3, 0.4) is 0 Å². The number of ether oxygens (including phenoxy) is 2. The number of carboxylic acids is 1. The van der Waals surface area contributed by atoms with Crippen molar-refractivity contribution in [2.24, 2.45) is 0 Å². The van der Waals surface area contributed by atoms with Gasteiger partial charge in [0.15, 0.2) is 12.7 Å². The minimum Gasteiger partial charge on any atom is -0.477 e. The number of hydrogen-bond acceptors (Lipinski definition) is 8. The Morgan fingerprint density at radius 3 is 1.68 bits per heavy atom. The summed E-state index contributed by atoms with van der Waals surface area (Å²) in [6.07, 6.45) is 14.6. The van der Waals surface area contributed by atoms with Gasteiger partial charge in [0.25, 0.3) is 0 Å². The molecule has 0 amide bonds. The predicted octanol–water partition coefficient (Wildman–Crippen LogP) is 5.11. The standard InChI is InChI=1S/C26H48NO9P/c1-3-5-7-9-11-13-15-17-24(28)33-19-22(20-34-37(32)35-21-23(27)26(30)31)36-25(29)18-16-14-12-10-8-6-4-2/h22-23H,3-21,27H2,1-2H3/p+2/t22-,23+/m1/s1. The lowest BCUT2D eigenvalue weighted by atomic mass is 10.1. The highest BCUT2D eigenvalue weighted by molar-refractivity contribution is 7.33. The molecule has 0 aliphatic heterocycles. The molecule has 0 spiro atoms. The number of quaternary nitrogens is 1. The molecule has 0 heterocycles. The van der Waals surface area contributed by atoms with Gasteiger partial charge in [-0.2, -0.15) is 0 Å². The van der Waals surface area contributed by atoms with E-state index in [2.05, 4.69) is 19.6 Å². The first-order valence-corrected chi connectivity index (χ1v) is 15.0. The molecule has 0 aromatic rings. The van der Waals surface area contributed by atoms with Crippen LogP contribution in [-0.4, -0.2) is 55.0 Å². The van der Waals surface area contributed by atoms with Gasteiger partial charge in [0.05, 0.1) is 0 Å². The van der Waals surface area contributed by atoms with Crippen LogP contribution in [-0.2, 0) is 37.5 Å². The van der Waals surface area contributed by atoms with Gasteiger partial charge in [0, 0.05) is 17.4 Å². The summed E-state index contributed by atoms with van der Waals surface area (Å²) in [5.41, 5.74) is 3.36. The molecule has 0 saturated heterocycles. The zero-order valence-corrected chi connectivity index (χ0v) is 23.9. The molecule has 216 valence electrons. The molecule has 3 atom stereocenters. The van der Waals surface area contributed by atoms with Crippen molar-refractivity contribution in [3.8, 4) is 0 Å². The molecule has 0 fully saturated rings. The van der Waals surface area contributed by atoms with Gasteiger partial charge in [-0.05, 0) is 12.8 Å². The Morgan fingerprint density at radius 2 is 1.16 bits per heavy atom. The molecule has 0 aromatic carbocycles. The van der Waals surface area contributed by atoms with E-state index in [1.54, 1.807) is 0 Å². The lowest BCUT2D eigenvalue weighted by Crippen LogP contribution is -2.66. The molecule has 0 aliphatic rings. The maximum absolute atomic E-state index is 12.3. The van der Waals surface area contributed by atoms with E-state index in [1.807, 2.05) is 0 Å². The van der Waals surface area contributed by atoms with E-state index in [0.29, 0.717) is 6.42 Å². The molecular formula is C26H50NO9P+2. The number of esters is 2. The van der Waals surface area contributed by atoms with E-state index in [9.17, 15) is 18.9 Å². The monoisotopic (exact) mass is 551 g/mol. The van der Waals surface area contributed by atoms with E-state index in [4.69, 9.17) is 23.6 Å². The Labute approximate surface area is 223 Å². The summed E-state index contributed by atoms with van der Waals surface area (Å²) in [4.78, 5) is 35.2. The number of unbranched alkanes of at least 4 members (excludes halogenated alkanes) is 12. The van der Waals surface area contributed by atoms with Crippen LogP contribution in [0.15, 0.2) is 0 Å². The summed E-state index contributed by atoms with van der Waals surface area (Å²) in [5.74, 6) is -2.01. The van der Waals surface area contributed by atoms with Crippen molar-refractivity contribution < 1.29 is 48.3 Å². The average molecular weight is 552 g/mol. The van der Waals surface area contributed by atoms with E-state index in [-0.39, 0.29) is 38.6 Å². The SMILES string of the molecule is CCCCCCCCCC(=O)OC[C@H](CO[P+](=O)OC[C@H]([NH3+])C(=O)O)OC(=O)CCCCCCCCC. The molecule has 0 rings (SSSR count).